The van der Waals surface area contributed by atoms with Crippen molar-refractivity contribution < 1.29 is 24.2 Å². The van der Waals surface area contributed by atoms with E-state index in [-0.39, 0.29) is 23.2 Å². The number of furan rings is 1. The number of hydrogen-bond donors (Lipinski definition) is 3. The molecule has 1 fully saturated rings. The van der Waals surface area contributed by atoms with Crippen LogP contribution in [0.2, 0.25) is 0 Å². The Morgan fingerprint density at radius 2 is 1.83 bits per heavy atom. The molecule has 10 heteroatoms. The van der Waals surface area contributed by atoms with Crippen molar-refractivity contribution in [3.63, 3.8) is 0 Å². The Hall–Kier alpha value is -3.76. The van der Waals surface area contributed by atoms with Gasteiger partial charge in [0.25, 0.3) is 0 Å². The Morgan fingerprint density at radius 1 is 1.11 bits per heavy atom. The number of thiocarbonyl (C=S) groups is 1. The molecule has 3 aromatic rings. The van der Waals surface area contributed by atoms with Crippen LogP contribution in [0.3, 0.4) is 0 Å². The fourth-order valence-corrected chi connectivity index (χ4v) is 4.53. The predicted molar refractivity (Wildman–Crippen MR) is 133 cm³/mol. The van der Waals surface area contributed by atoms with Crippen LogP contribution in [-0.2, 0) is 0 Å². The van der Waals surface area contributed by atoms with E-state index < -0.39 is 11.9 Å². The second kappa shape index (κ2) is 10.2. The summed E-state index contributed by atoms with van der Waals surface area (Å²) in [6.07, 6.45) is 2.61. The molecule has 35 heavy (non-hydrogen) atoms. The van der Waals surface area contributed by atoms with E-state index in [0.717, 1.165) is 24.7 Å². The Labute approximate surface area is 208 Å². The van der Waals surface area contributed by atoms with Crippen molar-refractivity contribution >= 4 is 29.3 Å². The van der Waals surface area contributed by atoms with Crippen molar-refractivity contribution in [1.82, 2.24) is 20.1 Å². The first kappa shape index (κ1) is 24.4. The molecule has 3 heterocycles. The second-order valence-corrected chi connectivity index (χ2v) is 8.97. The highest BCUT2D eigenvalue weighted by molar-refractivity contribution is 7.80. The van der Waals surface area contributed by atoms with E-state index in [1.54, 1.807) is 12.3 Å². The van der Waals surface area contributed by atoms with Gasteiger partial charge in [0, 0.05) is 18.3 Å². The summed E-state index contributed by atoms with van der Waals surface area (Å²) in [5.74, 6) is -1.44. The first-order chi connectivity index (χ1) is 16.7. The molecule has 2 atom stereocenters. The van der Waals surface area contributed by atoms with Crippen LogP contribution >= 0.6 is 12.2 Å². The molecule has 1 aromatic carbocycles. The van der Waals surface area contributed by atoms with Crippen LogP contribution in [0.1, 0.15) is 50.7 Å². The average molecular weight is 495 g/mol. The summed E-state index contributed by atoms with van der Waals surface area (Å²) in [7, 11) is 4.04. The molecule has 0 saturated carbocycles. The van der Waals surface area contributed by atoms with Gasteiger partial charge >= 0.3 is 11.9 Å². The molecule has 2 aromatic heterocycles. The van der Waals surface area contributed by atoms with Gasteiger partial charge in [-0.05, 0) is 81.7 Å². The minimum absolute atomic E-state index is 0.127. The summed E-state index contributed by atoms with van der Waals surface area (Å²) in [6.45, 7) is 1.59. The van der Waals surface area contributed by atoms with Gasteiger partial charge in [0.05, 0.1) is 22.9 Å². The van der Waals surface area contributed by atoms with Gasteiger partial charge in [-0.3, -0.25) is 4.98 Å². The summed E-state index contributed by atoms with van der Waals surface area (Å²) in [4.78, 5) is 31.8. The highest BCUT2D eigenvalue weighted by Gasteiger charge is 2.41. The Kier molecular flexibility index (Phi) is 7.13. The van der Waals surface area contributed by atoms with E-state index >= 15 is 0 Å². The van der Waals surface area contributed by atoms with Crippen molar-refractivity contribution in [2.24, 2.45) is 0 Å². The monoisotopic (exact) mass is 494 g/mol. The quantitative estimate of drug-likeness (QED) is 0.380. The van der Waals surface area contributed by atoms with E-state index in [9.17, 15) is 19.8 Å². The average Bonchev–Trinajstić information content (AvgIpc) is 3.44. The molecule has 0 unspecified atom stereocenters. The summed E-state index contributed by atoms with van der Waals surface area (Å²) < 4.78 is 6.22. The summed E-state index contributed by atoms with van der Waals surface area (Å²) in [6, 6.07) is 12.6. The number of benzene rings is 1. The Bertz CT molecular complexity index is 1210. The second-order valence-electron chi connectivity index (χ2n) is 8.59. The molecule has 9 nitrogen and oxygen atoms in total. The van der Waals surface area contributed by atoms with Crippen molar-refractivity contribution in [1.29, 1.82) is 0 Å². The lowest BCUT2D eigenvalue weighted by molar-refractivity contribution is 0.0696. The lowest BCUT2D eigenvalue weighted by Crippen LogP contribution is -2.32. The maximum Gasteiger partial charge on any atom is 0.335 e. The number of carboxylic acid groups (broad SMARTS) is 2. The van der Waals surface area contributed by atoms with Crippen LogP contribution in [0.15, 0.2) is 59.1 Å². The SMILES string of the molecule is CN(C)CCCN1C(=S)N[C@H](c2ccccn2)[C@@H]1c1ccc(-c2cc(C(=O)O)cc(C(=O)O)c2)o1. The number of nitrogens with one attached hydrogen (secondary N) is 1. The van der Waals surface area contributed by atoms with Crippen molar-refractivity contribution in [3.05, 3.63) is 77.3 Å². The zero-order valence-corrected chi connectivity index (χ0v) is 20.2. The number of nitrogens with zero attached hydrogens (tertiary/aromatic N) is 3. The number of hydrogen-bond acceptors (Lipinski definition) is 6. The number of pyridine rings is 1. The normalized spacial score (nSPS) is 17.6. The molecule has 1 aliphatic rings. The van der Waals surface area contributed by atoms with E-state index in [0.29, 0.717) is 28.7 Å². The molecular formula is C25H26N4O5S. The number of carboxylic acids is 2. The largest absolute Gasteiger partial charge is 0.478 e. The van der Waals surface area contributed by atoms with Gasteiger partial charge in [-0.2, -0.15) is 0 Å². The number of aromatic carboxylic acids is 2. The van der Waals surface area contributed by atoms with E-state index in [1.165, 1.54) is 12.1 Å². The maximum atomic E-state index is 11.5. The van der Waals surface area contributed by atoms with E-state index in [4.69, 9.17) is 16.6 Å². The molecule has 1 aliphatic heterocycles. The molecule has 182 valence electrons. The Morgan fingerprint density at radius 3 is 2.43 bits per heavy atom. The molecule has 0 spiro atoms. The van der Waals surface area contributed by atoms with Crippen molar-refractivity contribution in [2.45, 2.75) is 18.5 Å². The van der Waals surface area contributed by atoms with Gasteiger partial charge in [-0.1, -0.05) is 6.07 Å². The number of rotatable bonds is 9. The predicted octanol–water partition coefficient (Wildman–Crippen LogP) is 3.66. The van der Waals surface area contributed by atoms with Gasteiger partial charge in [0.1, 0.15) is 17.6 Å². The summed E-state index contributed by atoms with van der Waals surface area (Å²) in [5, 5.41) is 22.8. The molecule has 0 aliphatic carbocycles. The van der Waals surface area contributed by atoms with Crippen LogP contribution in [0.5, 0.6) is 0 Å². The first-order valence-electron chi connectivity index (χ1n) is 11.1. The molecular weight excluding hydrogens is 468 g/mol. The molecule has 0 amide bonds. The smallest absolute Gasteiger partial charge is 0.335 e. The minimum atomic E-state index is -1.21. The van der Waals surface area contributed by atoms with Crippen LogP contribution in [0.4, 0.5) is 0 Å². The molecule has 0 radical (unpaired) electrons. The Balaban J connectivity index is 1.72. The van der Waals surface area contributed by atoms with Crippen LogP contribution in [0, 0.1) is 0 Å². The van der Waals surface area contributed by atoms with Gasteiger partial charge in [0.15, 0.2) is 5.11 Å². The van der Waals surface area contributed by atoms with Gasteiger partial charge in [0.2, 0.25) is 0 Å². The highest BCUT2D eigenvalue weighted by atomic mass is 32.1. The molecule has 3 N–H and O–H groups in total. The number of carbonyl (C=O) groups is 2. The zero-order chi connectivity index (χ0) is 25.1. The van der Waals surface area contributed by atoms with Crippen molar-refractivity contribution in [2.75, 3.05) is 27.2 Å². The van der Waals surface area contributed by atoms with Gasteiger partial charge in [-0.15, -0.1) is 0 Å². The minimum Gasteiger partial charge on any atom is -0.478 e. The van der Waals surface area contributed by atoms with Gasteiger partial charge in [-0.25, -0.2) is 9.59 Å². The van der Waals surface area contributed by atoms with Gasteiger partial charge < -0.3 is 29.7 Å². The lowest BCUT2D eigenvalue weighted by atomic mass is 10.0. The lowest BCUT2D eigenvalue weighted by Gasteiger charge is -2.26. The number of aromatic nitrogens is 1. The van der Waals surface area contributed by atoms with Crippen LogP contribution < -0.4 is 5.32 Å². The van der Waals surface area contributed by atoms with Crippen LogP contribution in [-0.4, -0.2) is 69.2 Å². The summed E-state index contributed by atoms with van der Waals surface area (Å²) >= 11 is 5.67. The zero-order valence-electron chi connectivity index (χ0n) is 19.3. The van der Waals surface area contributed by atoms with E-state index in [2.05, 4.69) is 20.1 Å². The van der Waals surface area contributed by atoms with Crippen molar-refractivity contribution in [3.8, 4) is 11.3 Å². The van der Waals surface area contributed by atoms with Crippen LogP contribution in [0.25, 0.3) is 11.3 Å². The molecule has 4 rings (SSSR count). The maximum absolute atomic E-state index is 11.5. The fourth-order valence-electron chi connectivity index (χ4n) is 4.20. The standard InChI is InChI=1S/C25H26N4O5S/c1-28(2)10-5-11-29-22(21(27-25(29)35)18-6-3-4-9-26-18)20-8-7-19(34-20)15-12-16(23(30)31)14-17(13-15)24(32)33/h3-4,6-9,12-14,21-22H,5,10-11H2,1-2H3,(H,27,35)(H,30,31)(H,32,33)/t21-,22+/m1/s1. The third-order valence-electron chi connectivity index (χ3n) is 5.83. The molecule has 0 bridgehead atoms. The topological polar surface area (TPSA) is 119 Å². The third-order valence-corrected chi connectivity index (χ3v) is 6.18. The molecule has 1 saturated heterocycles. The van der Waals surface area contributed by atoms with E-state index in [1.807, 2.05) is 38.4 Å². The summed E-state index contributed by atoms with van der Waals surface area (Å²) in [5.41, 5.74) is 0.932. The third kappa shape index (κ3) is 5.33. The highest BCUT2D eigenvalue weighted by Crippen LogP contribution is 2.40. The first-order valence-corrected chi connectivity index (χ1v) is 11.5. The fraction of sp³-hybridized carbons (Fsp3) is 0.280.